The molecular weight excluding hydrogens is 306 g/mol. The molecule has 7 heteroatoms. The first-order chi connectivity index (χ1) is 11.5. The van der Waals surface area contributed by atoms with E-state index in [9.17, 15) is 9.59 Å². The number of amides is 3. The zero-order chi connectivity index (χ0) is 17.1. The topological polar surface area (TPSA) is 67.9 Å². The van der Waals surface area contributed by atoms with Crippen molar-refractivity contribution in [1.29, 1.82) is 0 Å². The number of anilines is 1. The summed E-state index contributed by atoms with van der Waals surface area (Å²) < 4.78 is 0. The van der Waals surface area contributed by atoms with E-state index in [4.69, 9.17) is 0 Å². The second kappa shape index (κ2) is 7.19. The maximum Gasteiger partial charge on any atom is 0.329 e. The first-order valence-corrected chi connectivity index (χ1v) is 8.39. The number of hydrogen-bond acceptors (Lipinski definition) is 4. The Hall–Kier alpha value is -2.12. The minimum Gasteiger partial charge on any atom is -0.332 e. The number of hydrogen-bond donors (Lipinski definition) is 2. The SMILES string of the molecule is Cc1ccc(N2CC(NC(=O)NN3CCN(C)CC3)CC2=O)cc1. The molecule has 2 fully saturated rings. The van der Waals surface area contributed by atoms with Crippen LogP contribution in [0, 0.1) is 6.92 Å². The first kappa shape index (κ1) is 16.7. The van der Waals surface area contributed by atoms with E-state index in [1.807, 2.05) is 36.2 Å². The van der Waals surface area contributed by atoms with Crippen molar-refractivity contribution in [3.05, 3.63) is 29.8 Å². The molecule has 1 aromatic carbocycles. The molecule has 2 aliphatic rings. The molecule has 1 aromatic rings. The first-order valence-electron chi connectivity index (χ1n) is 8.39. The molecule has 3 amide bonds. The minimum absolute atomic E-state index is 0.0451. The highest BCUT2D eigenvalue weighted by atomic mass is 16.2. The molecule has 1 atom stereocenters. The van der Waals surface area contributed by atoms with Crippen molar-refractivity contribution in [1.82, 2.24) is 20.7 Å². The minimum atomic E-state index is -0.233. The molecule has 2 aliphatic heterocycles. The number of urea groups is 1. The Balaban J connectivity index is 1.50. The second-order valence-corrected chi connectivity index (χ2v) is 6.62. The van der Waals surface area contributed by atoms with E-state index in [2.05, 4.69) is 22.7 Å². The molecule has 0 radical (unpaired) electrons. The summed E-state index contributed by atoms with van der Waals surface area (Å²) in [5.74, 6) is 0.0451. The number of piperazine rings is 1. The Morgan fingerprint density at radius 3 is 2.46 bits per heavy atom. The molecule has 130 valence electrons. The van der Waals surface area contributed by atoms with Crippen molar-refractivity contribution >= 4 is 17.6 Å². The molecule has 2 heterocycles. The van der Waals surface area contributed by atoms with Gasteiger partial charge < -0.3 is 15.1 Å². The summed E-state index contributed by atoms with van der Waals surface area (Å²) >= 11 is 0. The summed E-state index contributed by atoms with van der Waals surface area (Å²) in [6, 6.07) is 7.47. The lowest BCUT2D eigenvalue weighted by Crippen LogP contribution is -2.56. The van der Waals surface area contributed by atoms with Gasteiger partial charge in [0.25, 0.3) is 0 Å². The molecule has 0 aromatic heterocycles. The normalized spacial score (nSPS) is 22.7. The Bertz CT molecular complexity index is 596. The van der Waals surface area contributed by atoms with Crippen LogP contribution < -0.4 is 15.6 Å². The largest absolute Gasteiger partial charge is 0.332 e. The van der Waals surface area contributed by atoms with Crippen molar-refractivity contribution < 1.29 is 9.59 Å². The van der Waals surface area contributed by atoms with Crippen LogP contribution in [0.4, 0.5) is 10.5 Å². The third-order valence-electron chi connectivity index (χ3n) is 4.57. The maximum atomic E-state index is 12.2. The number of benzene rings is 1. The zero-order valence-electron chi connectivity index (χ0n) is 14.3. The second-order valence-electron chi connectivity index (χ2n) is 6.62. The molecule has 2 saturated heterocycles. The lowest BCUT2D eigenvalue weighted by Gasteiger charge is -2.32. The van der Waals surface area contributed by atoms with Crippen LogP contribution in [0.5, 0.6) is 0 Å². The Labute approximate surface area is 142 Å². The monoisotopic (exact) mass is 331 g/mol. The average Bonchev–Trinajstić information content (AvgIpc) is 2.90. The van der Waals surface area contributed by atoms with Gasteiger partial charge in [-0.05, 0) is 26.1 Å². The van der Waals surface area contributed by atoms with Crippen LogP contribution in [0.2, 0.25) is 0 Å². The Kier molecular flexibility index (Phi) is 5.01. The average molecular weight is 331 g/mol. The van der Waals surface area contributed by atoms with Crippen LogP contribution in [0.1, 0.15) is 12.0 Å². The number of hydrazine groups is 1. The van der Waals surface area contributed by atoms with E-state index >= 15 is 0 Å². The highest BCUT2D eigenvalue weighted by Crippen LogP contribution is 2.21. The van der Waals surface area contributed by atoms with E-state index in [1.54, 1.807) is 4.90 Å². The van der Waals surface area contributed by atoms with Gasteiger partial charge in [-0.3, -0.25) is 10.2 Å². The van der Waals surface area contributed by atoms with E-state index in [1.165, 1.54) is 0 Å². The Morgan fingerprint density at radius 2 is 1.79 bits per heavy atom. The highest BCUT2D eigenvalue weighted by molar-refractivity contribution is 5.96. The highest BCUT2D eigenvalue weighted by Gasteiger charge is 2.31. The smallest absolute Gasteiger partial charge is 0.329 e. The van der Waals surface area contributed by atoms with Gasteiger partial charge in [-0.1, -0.05) is 17.7 Å². The third kappa shape index (κ3) is 4.04. The van der Waals surface area contributed by atoms with E-state index in [0.29, 0.717) is 13.0 Å². The number of carbonyl (C=O) groups excluding carboxylic acids is 2. The van der Waals surface area contributed by atoms with Crippen molar-refractivity contribution in [3.8, 4) is 0 Å². The summed E-state index contributed by atoms with van der Waals surface area (Å²) in [6.45, 7) is 6.01. The Morgan fingerprint density at radius 1 is 1.12 bits per heavy atom. The van der Waals surface area contributed by atoms with Crippen molar-refractivity contribution in [2.75, 3.05) is 44.7 Å². The predicted octanol–water partition coefficient (Wildman–Crippen LogP) is 0.562. The molecule has 7 nitrogen and oxygen atoms in total. The van der Waals surface area contributed by atoms with Crippen molar-refractivity contribution in [2.24, 2.45) is 0 Å². The van der Waals surface area contributed by atoms with Gasteiger partial charge in [-0.15, -0.1) is 0 Å². The number of likely N-dealkylation sites (N-methyl/N-ethyl adjacent to an activating group) is 1. The molecule has 0 spiro atoms. The molecule has 2 N–H and O–H groups in total. The molecule has 0 bridgehead atoms. The fourth-order valence-electron chi connectivity index (χ4n) is 3.06. The standard InChI is InChI=1S/C17H25N5O2/c1-13-3-5-15(6-4-13)22-12-14(11-16(22)23)18-17(24)19-21-9-7-20(2)8-10-21/h3-6,14H,7-12H2,1-2H3,(H2,18,19,24). The lowest BCUT2D eigenvalue weighted by molar-refractivity contribution is -0.117. The van der Waals surface area contributed by atoms with Gasteiger partial charge in [-0.2, -0.15) is 0 Å². The van der Waals surface area contributed by atoms with E-state index in [-0.39, 0.29) is 18.0 Å². The van der Waals surface area contributed by atoms with Gasteiger partial charge in [-0.25, -0.2) is 9.80 Å². The number of carbonyl (C=O) groups is 2. The molecule has 0 aliphatic carbocycles. The fraction of sp³-hybridized carbons (Fsp3) is 0.529. The van der Waals surface area contributed by atoms with Gasteiger partial charge in [0, 0.05) is 44.8 Å². The van der Waals surface area contributed by atoms with Crippen LogP contribution in [0.15, 0.2) is 24.3 Å². The molecule has 24 heavy (non-hydrogen) atoms. The van der Waals surface area contributed by atoms with Crippen LogP contribution in [-0.4, -0.2) is 67.7 Å². The summed E-state index contributed by atoms with van der Waals surface area (Å²) in [5, 5.41) is 4.83. The van der Waals surface area contributed by atoms with Crippen LogP contribution in [-0.2, 0) is 4.79 Å². The summed E-state index contributed by atoms with van der Waals surface area (Å²) in [7, 11) is 2.07. The van der Waals surface area contributed by atoms with Gasteiger partial charge in [0.15, 0.2) is 0 Å². The van der Waals surface area contributed by atoms with Gasteiger partial charge in [0.05, 0.1) is 6.04 Å². The van der Waals surface area contributed by atoms with Crippen LogP contribution in [0.25, 0.3) is 0 Å². The van der Waals surface area contributed by atoms with Gasteiger partial charge in [0.1, 0.15) is 0 Å². The lowest BCUT2D eigenvalue weighted by atomic mass is 10.2. The fourth-order valence-corrected chi connectivity index (χ4v) is 3.06. The van der Waals surface area contributed by atoms with Gasteiger partial charge in [0.2, 0.25) is 5.91 Å². The summed E-state index contributed by atoms with van der Waals surface area (Å²) in [6.07, 6.45) is 0.337. The predicted molar refractivity (Wildman–Crippen MR) is 92.7 cm³/mol. The van der Waals surface area contributed by atoms with Crippen LogP contribution >= 0.6 is 0 Å². The third-order valence-corrected chi connectivity index (χ3v) is 4.57. The van der Waals surface area contributed by atoms with Crippen molar-refractivity contribution in [2.45, 2.75) is 19.4 Å². The van der Waals surface area contributed by atoms with E-state index < -0.39 is 0 Å². The van der Waals surface area contributed by atoms with E-state index in [0.717, 1.165) is 37.4 Å². The van der Waals surface area contributed by atoms with Crippen LogP contribution in [0.3, 0.4) is 0 Å². The summed E-state index contributed by atoms with van der Waals surface area (Å²) in [4.78, 5) is 28.3. The number of nitrogens with one attached hydrogen (secondary N) is 2. The van der Waals surface area contributed by atoms with Crippen molar-refractivity contribution in [3.63, 3.8) is 0 Å². The number of rotatable bonds is 3. The number of nitrogens with zero attached hydrogens (tertiary/aromatic N) is 3. The number of aryl methyl sites for hydroxylation is 1. The van der Waals surface area contributed by atoms with Gasteiger partial charge >= 0.3 is 6.03 Å². The maximum absolute atomic E-state index is 12.2. The molecular formula is C17H25N5O2. The summed E-state index contributed by atoms with van der Waals surface area (Å²) in [5.41, 5.74) is 4.91. The molecule has 3 rings (SSSR count). The molecule has 1 unspecified atom stereocenters. The zero-order valence-corrected chi connectivity index (χ0v) is 14.3. The molecule has 0 saturated carbocycles. The quantitative estimate of drug-likeness (QED) is 0.849.